The van der Waals surface area contributed by atoms with E-state index in [1.165, 1.54) is 0 Å². The summed E-state index contributed by atoms with van der Waals surface area (Å²) in [6.07, 6.45) is 0.721. The SMILES string of the molecule is Cc1c(NC(=O)C2CC2c2cccc(Cl)c2Cl)cccc1C(=O)Nc1ccccc1. The molecule has 0 spiro atoms. The zero-order valence-corrected chi connectivity index (χ0v) is 17.8. The first-order valence-electron chi connectivity index (χ1n) is 9.66. The van der Waals surface area contributed by atoms with Gasteiger partial charge in [0.25, 0.3) is 5.91 Å². The Morgan fingerprint density at radius 2 is 1.63 bits per heavy atom. The average molecular weight is 439 g/mol. The van der Waals surface area contributed by atoms with E-state index in [0.717, 1.165) is 23.2 Å². The fourth-order valence-corrected chi connectivity index (χ4v) is 4.05. The molecule has 0 aromatic heterocycles. The van der Waals surface area contributed by atoms with Crippen LogP contribution in [0.25, 0.3) is 0 Å². The van der Waals surface area contributed by atoms with Gasteiger partial charge >= 0.3 is 0 Å². The van der Waals surface area contributed by atoms with E-state index in [0.29, 0.717) is 21.3 Å². The highest BCUT2D eigenvalue weighted by Crippen LogP contribution is 2.51. The van der Waals surface area contributed by atoms with Gasteiger partial charge in [-0.1, -0.05) is 59.6 Å². The van der Waals surface area contributed by atoms with E-state index in [4.69, 9.17) is 23.2 Å². The minimum Gasteiger partial charge on any atom is -0.326 e. The lowest BCUT2D eigenvalue weighted by Gasteiger charge is -2.13. The number of hydrogen-bond donors (Lipinski definition) is 2. The van der Waals surface area contributed by atoms with Crippen molar-refractivity contribution in [3.8, 4) is 0 Å². The highest BCUT2D eigenvalue weighted by atomic mass is 35.5. The lowest BCUT2D eigenvalue weighted by Crippen LogP contribution is -2.18. The number of rotatable bonds is 5. The molecule has 2 atom stereocenters. The fourth-order valence-electron chi connectivity index (χ4n) is 3.60. The van der Waals surface area contributed by atoms with Gasteiger partial charge in [-0.15, -0.1) is 0 Å². The molecule has 152 valence electrons. The zero-order chi connectivity index (χ0) is 21.3. The van der Waals surface area contributed by atoms with E-state index in [2.05, 4.69) is 10.6 Å². The van der Waals surface area contributed by atoms with Gasteiger partial charge in [-0.05, 0) is 60.7 Å². The maximum atomic E-state index is 12.8. The van der Waals surface area contributed by atoms with Gasteiger partial charge in [-0.2, -0.15) is 0 Å². The molecule has 0 bridgehead atoms. The maximum absolute atomic E-state index is 12.8. The molecular formula is C24H20Cl2N2O2. The lowest BCUT2D eigenvalue weighted by atomic mass is 10.1. The monoisotopic (exact) mass is 438 g/mol. The van der Waals surface area contributed by atoms with Crippen LogP contribution in [0, 0.1) is 12.8 Å². The van der Waals surface area contributed by atoms with Crippen LogP contribution in [0.15, 0.2) is 66.7 Å². The van der Waals surface area contributed by atoms with Crippen molar-refractivity contribution in [3.63, 3.8) is 0 Å². The molecule has 3 aromatic carbocycles. The van der Waals surface area contributed by atoms with Crippen LogP contribution >= 0.6 is 23.2 Å². The summed E-state index contributed by atoms with van der Waals surface area (Å²) in [5.41, 5.74) is 3.48. The number of hydrogen-bond acceptors (Lipinski definition) is 2. The van der Waals surface area contributed by atoms with Crippen molar-refractivity contribution in [1.82, 2.24) is 0 Å². The molecule has 2 unspecified atom stereocenters. The molecule has 0 radical (unpaired) electrons. The van der Waals surface area contributed by atoms with Gasteiger partial charge in [-0.3, -0.25) is 9.59 Å². The number of para-hydroxylation sites is 1. The first-order valence-corrected chi connectivity index (χ1v) is 10.4. The molecule has 1 saturated carbocycles. The van der Waals surface area contributed by atoms with Crippen molar-refractivity contribution in [2.24, 2.45) is 5.92 Å². The number of nitrogens with one attached hydrogen (secondary N) is 2. The molecule has 2 amide bonds. The van der Waals surface area contributed by atoms with Crippen LogP contribution in [0.5, 0.6) is 0 Å². The van der Waals surface area contributed by atoms with E-state index in [1.54, 1.807) is 24.3 Å². The van der Waals surface area contributed by atoms with Crippen molar-refractivity contribution < 1.29 is 9.59 Å². The minimum absolute atomic E-state index is 0.0565. The molecule has 6 heteroatoms. The van der Waals surface area contributed by atoms with Gasteiger partial charge in [0.15, 0.2) is 0 Å². The summed E-state index contributed by atoms with van der Waals surface area (Å²) < 4.78 is 0. The summed E-state index contributed by atoms with van der Waals surface area (Å²) in [6, 6.07) is 20.1. The Labute approximate surface area is 185 Å². The Balaban J connectivity index is 1.46. The number of benzene rings is 3. The van der Waals surface area contributed by atoms with Crippen molar-refractivity contribution in [3.05, 3.63) is 93.5 Å². The van der Waals surface area contributed by atoms with Crippen LogP contribution in [-0.4, -0.2) is 11.8 Å². The Kier molecular flexibility index (Phi) is 5.80. The number of carbonyl (C=O) groups excluding carboxylic acids is 2. The van der Waals surface area contributed by atoms with E-state index in [1.807, 2.05) is 49.4 Å². The first-order chi connectivity index (χ1) is 14.5. The molecule has 0 heterocycles. The molecule has 1 fully saturated rings. The third-order valence-electron chi connectivity index (χ3n) is 5.38. The quantitative estimate of drug-likeness (QED) is 0.491. The highest BCUT2D eigenvalue weighted by molar-refractivity contribution is 6.42. The Hall–Kier alpha value is -2.82. The summed E-state index contributed by atoms with van der Waals surface area (Å²) in [5.74, 6) is -0.409. The number of halogens is 2. The van der Waals surface area contributed by atoms with Crippen molar-refractivity contribution in [1.29, 1.82) is 0 Å². The summed E-state index contributed by atoms with van der Waals surface area (Å²) in [4.78, 5) is 25.5. The number of carbonyl (C=O) groups is 2. The van der Waals surface area contributed by atoms with Crippen molar-refractivity contribution in [2.45, 2.75) is 19.3 Å². The molecule has 1 aliphatic rings. The van der Waals surface area contributed by atoms with Gasteiger partial charge in [0.2, 0.25) is 5.91 Å². The van der Waals surface area contributed by atoms with E-state index >= 15 is 0 Å². The second kappa shape index (κ2) is 8.50. The lowest BCUT2D eigenvalue weighted by molar-refractivity contribution is -0.117. The van der Waals surface area contributed by atoms with Gasteiger partial charge in [0.05, 0.1) is 10.0 Å². The van der Waals surface area contributed by atoms with Crippen molar-refractivity contribution >= 4 is 46.4 Å². The summed E-state index contributed by atoms with van der Waals surface area (Å²) in [7, 11) is 0. The standard InChI is InChI=1S/C24H20Cl2N2O2/c1-14-16(23(29)27-15-7-3-2-4-8-15)9-6-12-21(14)28-24(30)19-13-18(19)17-10-5-11-20(25)22(17)26/h2-12,18-19H,13H2,1H3,(H,27,29)(H,28,30). The Bertz CT molecular complexity index is 1120. The Morgan fingerprint density at radius 1 is 0.900 bits per heavy atom. The van der Waals surface area contributed by atoms with Crippen molar-refractivity contribution in [2.75, 3.05) is 10.6 Å². The van der Waals surface area contributed by atoms with Crippen LogP contribution in [0.1, 0.15) is 33.8 Å². The number of amides is 2. The third kappa shape index (κ3) is 4.20. The zero-order valence-electron chi connectivity index (χ0n) is 16.3. The molecule has 4 nitrogen and oxygen atoms in total. The van der Waals surface area contributed by atoms with Crippen LogP contribution in [0.2, 0.25) is 10.0 Å². The average Bonchev–Trinajstić information content (AvgIpc) is 3.53. The van der Waals surface area contributed by atoms with Gasteiger partial charge in [-0.25, -0.2) is 0 Å². The Morgan fingerprint density at radius 3 is 2.40 bits per heavy atom. The molecule has 30 heavy (non-hydrogen) atoms. The van der Waals surface area contributed by atoms with E-state index < -0.39 is 0 Å². The molecule has 3 aromatic rings. The van der Waals surface area contributed by atoms with E-state index in [-0.39, 0.29) is 23.7 Å². The summed E-state index contributed by atoms with van der Waals surface area (Å²) in [6.45, 7) is 1.83. The second-order valence-electron chi connectivity index (χ2n) is 7.38. The molecule has 0 saturated heterocycles. The topological polar surface area (TPSA) is 58.2 Å². The predicted molar refractivity (Wildman–Crippen MR) is 122 cm³/mol. The molecule has 0 aliphatic heterocycles. The van der Waals surface area contributed by atoms with Crippen LogP contribution < -0.4 is 10.6 Å². The molecule has 2 N–H and O–H groups in total. The molecular weight excluding hydrogens is 419 g/mol. The maximum Gasteiger partial charge on any atom is 0.256 e. The first kappa shape index (κ1) is 20.5. The van der Waals surface area contributed by atoms with E-state index in [9.17, 15) is 9.59 Å². The normalized spacial score (nSPS) is 17.3. The van der Waals surface area contributed by atoms with Crippen LogP contribution in [-0.2, 0) is 4.79 Å². The highest BCUT2D eigenvalue weighted by Gasteiger charge is 2.45. The second-order valence-corrected chi connectivity index (χ2v) is 8.16. The number of anilines is 2. The fraction of sp³-hybridized carbons (Fsp3) is 0.167. The summed E-state index contributed by atoms with van der Waals surface area (Å²) >= 11 is 12.4. The largest absolute Gasteiger partial charge is 0.326 e. The molecule has 1 aliphatic carbocycles. The van der Waals surface area contributed by atoms with Gasteiger partial charge < -0.3 is 10.6 Å². The van der Waals surface area contributed by atoms with Gasteiger partial charge in [0, 0.05) is 22.9 Å². The van der Waals surface area contributed by atoms with Gasteiger partial charge in [0.1, 0.15) is 0 Å². The van der Waals surface area contributed by atoms with Crippen LogP contribution in [0.4, 0.5) is 11.4 Å². The smallest absolute Gasteiger partial charge is 0.256 e. The minimum atomic E-state index is -0.218. The third-order valence-corrected chi connectivity index (χ3v) is 6.21. The summed E-state index contributed by atoms with van der Waals surface area (Å²) in [5, 5.41) is 6.85. The molecule has 4 rings (SSSR count). The predicted octanol–water partition coefficient (Wildman–Crippen LogP) is 6.30. The van der Waals surface area contributed by atoms with Crippen LogP contribution in [0.3, 0.4) is 0 Å².